The van der Waals surface area contributed by atoms with Crippen LogP contribution in [0.3, 0.4) is 0 Å². The van der Waals surface area contributed by atoms with Crippen LogP contribution in [0, 0.1) is 10.1 Å². The van der Waals surface area contributed by atoms with Gasteiger partial charge in [-0.05, 0) is 39.8 Å². The quantitative estimate of drug-likeness (QED) is 0.499. The number of nitro groups is 1. The van der Waals surface area contributed by atoms with Gasteiger partial charge in [-0.3, -0.25) is 10.1 Å². The van der Waals surface area contributed by atoms with Crippen molar-refractivity contribution in [2.45, 2.75) is 10.1 Å². The van der Waals surface area contributed by atoms with Gasteiger partial charge in [-0.1, -0.05) is 0 Å². The minimum atomic E-state index is -0.498. The van der Waals surface area contributed by atoms with Crippen molar-refractivity contribution >= 4 is 39.2 Å². The molecular weight excluding hydrogens is 334 g/mol. The first-order chi connectivity index (χ1) is 9.08. The molecule has 2 aromatic rings. The fraction of sp³-hybridized carbons (Fsp3) is 0. The third-order valence-electron chi connectivity index (χ3n) is 2.05. The largest absolute Gasteiger partial charge is 0.308 e. The maximum atomic E-state index is 10.8. The van der Waals surface area contributed by atoms with E-state index in [1.165, 1.54) is 23.9 Å². The average molecular weight is 342 g/mol. The highest BCUT2D eigenvalue weighted by atomic mass is 79.9. The molecule has 0 aromatic carbocycles. The third kappa shape index (κ3) is 3.63. The highest BCUT2D eigenvalue weighted by Gasteiger charge is 2.12. The van der Waals surface area contributed by atoms with Crippen molar-refractivity contribution < 1.29 is 4.92 Å². The average Bonchev–Trinajstić information content (AvgIpc) is 2.41. The van der Waals surface area contributed by atoms with Gasteiger partial charge in [0.05, 0.1) is 11.0 Å². The summed E-state index contributed by atoms with van der Waals surface area (Å²) in [5, 5.41) is 11.9. The summed E-state index contributed by atoms with van der Waals surface area (Å²) < 4.78 is 0.855. The van der Waals surface area contributed by atoms with Crippen molar-refractivity contribution in [2.75, 3.05) is 5.43 Å². The second-order valence-corrected chi connectivity index (χ2v) is 5.32. The monoisotopic (exact) mass is 341 g/mol. The number of anilines is 1. The standard InChI is InChI=1S/C10H8BrN5O2S/c11-6-1-2-9(13-5-6)19-10-4-7(16(17)18)3-8(14-10)15-12/h1-5H,12H2,(H,14,15). The van der Waals surface area contributed by atoms with Crippen molar-refractivity contribution in [2.24, 2.45) is 5.84 Å². The predicted molar refractivity (Wildman–Crippen MR) is 74.8 cm³/mol. The Kier molecular flexibility index (Phi) is 4.30. The Bertz CT molecular complexity index is 607. The van der Waals surface area contributed by atoms with Crippen LogP contribution in [0.4, 0.5) is 11.5 Å². The zero-order valence-corrected chi connectivity index (χ0v) is 11.8. The van der Waals surface area contributed by atoms with Gasteiger partial charge in [0.25, 0.3) is 5.69 Å². The number of aromatic nitrogens is 2. The smallest absolute Gasteiger partial charge is 0.275 e. The summed E-state index contributed by atoms with van der Waals surface area (Å²) in [5.74, 6) is 5.47. The molecule has 7 nitrogen and oxygen atoms in total. The normalized spacial score (nSPS) is 10.2. The molecule has 2 aromatic heterocycles. The lowest BCUT2D eigenvalue weighted by Crippen LogP contribution is -2.09. The van der Waals surface area contributed by atoms with E-state index in [2.05, 4.69) is 31.3 Å². The number of hydrazine groups is 1. The summed E-state index contributed by atoms with van der Waals surface area (Å²) in [7, 11) is 0. The summed E-state index contributed by atoms with van der Waals surface area (Å²) in [6.07, 6.45) is 1.64. The topological polar surface area (TPSA) is 107 Å². The summed E-state index contributed by atoms with van der Waals surface area (Å²) in [6.45, 7) is 0. The Balaban J connectivity index is 2.31. The van der Waals surface area contributed by atoms with Crippen molar-refractivity contribution in [3.63, 3.8) is 0 Å². The molecule has 0 unspecified atom stereocenters. The predicted octanol–water partition coefficient (Wildman–Crippen LogP) is 2.58. The Labute approximate surface area is 120 Å². The number of rotatable bonds is 4. The summed E-state index contributed by atoms with van der Waals surface area (Å²) >= 11 is 4.50. The van der Waals surface area contributed by atoms with E-state index in [1.54, 1.807) is 12.3 Å². The number of nitrogens with two attached hydrogens (primary N) is 1. The first kappa shape index (κ1) is 13.7. The number of hydrogen-bond acceptors (Lipinski definition) is 7. The van der Waals surface area contributed by atoms with Crippen LogP contribution in [-0.4, -0.2) is 14.9 Å². The lowest BCUT2D eigenvalue weighted by Gasteiger charge is -2.04. The number of nitrogens with one attached hydrogen (secondary N) is 1. The van der Waals surface area contributed by atoms with Gasteiger partial charge in [-0.25, -0.2) is 15.8 Å². The molecule has 0 saturated heterocycles. The second-order valence-electron chi connectivity index (χ2n) is 3.37. The van der Waals surface area contributed by atoms with E-state index in [0.717, 1.165) is 4.47 Å². The third-order valence-corrected chi connectivity index (χ3v) is 3.39. The van der Waals surface area contributed by atoms with Gasteiger partial charge in [-0.15, -0.1) is 0 Å². The number of nitrogens with zero attached hydrogens (tertiary/aromatic N) is 3. The van der Waals surface area contributed by atoms with E-state index in [0.29, 0.717) is 10.1 Å². The fourth-order valence-electron chi connectivity index (χ4n) is 1.25. The fourth-order valence-corrected chi connectivity index (χ4v) is 2.27. The number of halogens is 1. The zero-order valence-electron chi connectivity index (χ0n) is 9.41. The van der Waals surface area contributed by atoms with Crippen LogP contribution < -0.4 is 11.3 Å². The number of hydrogen-bond donors (Lipinski definition) is 2. The minimum absolute atomic E-state index is 0.0810. The first-order valence-electron chi connectivity index (χ1n) is 5.01. The highest BCUT2D eigenvalue weighted by Crippen LogP contribution is 2.29. The molecule has 0 saturated carbocycles. The van der Waals surface area contributed by atoms with Gasteiger partial charge >= 0.3 is 0 Å². The molecule has 0 radical (unpaired) electrons. The number of nitrogen functional groups attached to an aromatic ring is 1. The summed E-state index contributed by atoms with van der Waals surface area (Å²) in [5.41, 5.74) is 2.22. The lowest BCUT2D eigenvalue weighted by atomic mass is 10.4. The van der Waals surface area contributed by atoms with E-state index in [1.807, 2.05) is 6.07 Å². The van der Waals surface area contributed by atoms with Crippen molar-refractivity contribution in [3.05, 3.63) is 45.0 Å². The second kappa shape index (κ2) is 5.95. The molecule has 0 fully saturated rings. The van der Waals surface area contributed by atoms with E-state index in [4.69, 9.17) is 5.84 Å². The van der Waals surface area contributed by atoms with E-state index in [-0.39, 0.29) is 11.5 Å². The molecule has 0 amide bonds. The van der Waals surface area contributed by atoms with Crippen molar-refractivity contribution in [1.29, 1.82) is 0 Å². The Morgan fingerprint density at radius 2 is 2.16 bits per heavy atom. The van der Waals surface area contributed by atoms with Crippen LogP contribution in [-0.2, 0) is 0 Å². The van der Waals surface area contributed by atoms with E-state index in [9.17, 15) is 10.1 Å². The van der Waals surface area contributed by atoms with Crippen molar-refractivity contribution in [3.8, 4) is 0 Å². The van der Waals surface area contributed by atoms with Gasteiger partial charge in [0.2, 0.25) is 0 Å². The van der Waals surface area contributed by atoms with Gasteiger partial charge in [-0.2, -0.15) is 0 Å². The molecule has 0 aliphatic carbocycles. The highest BCUT2D eigenvalue weighted by molar-refractivity contribution is 9.10. The summed E-state index contributed by atoms with van der Waals surface area (Å²) in [4.78, 5) is 18.6. The molecular formula is C10H8BrN5O2S. The Hall–Kier alpha value is -1.71. The van der Waals surface area contributed by atoms with Crippen LogP contribution in [0.25, 0.3) is 0 Å². The van der Waals surface area contributed by atoms with Crippen LogP contribution in [0.5, 0.6) is 0 Å². The number of pyridine rings is 2. The lowest BCUT2D eigenvalue weighted by molar-refractivity contribution is -0.385. The molecule has 3 N–H and O–H groups in total. The molecule has 9 heteroatoms. The molecule has 98 valence electrons. The van der Waals surface area contributed by atoms with E-state index >= 15 is 0 Å². The van der Waals surface area contributed by atoms with Crippen LogP contribution in [0.15, 0.2) is 45.0 Å². The molecule has 0 spiro atoms. The maximum absolute atomic E-state index is 10.8. The maximum Gasteiger partial charge on any atom is 0.275 e. The van der Waals surface area contributed by atoms with Crippen molar-refractivity contribution in [1.82, 2.24) is 9.97 Å². The van der Waals surface area contributed by atoms with E-state index < -0.39 is 4.92 Å². The SMILES string of the molecule is NNc1cc([N+](=O)[O-])cc(Sc2ccc(Br)cn2)n1. The molecule has 0 bridgehead atoms. The molecule has 2 heterocycles. The van der Waals surface area contributed by atoms with Crippen LogP contribution >= 0.6 is 27.7 Å². The van der Waals surface area contributed by atoms with Gasteiger partial charge in [0.1, 0.15) is 15.9 Å². The Morgan fingerprint density at radius 3 is 2.74 bits per heavy atom. The molecule has 2 rings (SSSR count). The molecule has 0 aliphatic rings. The van der Waals surface area contributed by atoms with Crippen LogP contribution in [0.1, 0.15) is 0 Å². The first-order valence-corrected chi connectivity index (χ1v) is 6.62. The zero-order chi connectivity index (χ0) is 13.8. The van der Waals surface area contributed by atoms with Gasteiger partial charge < -0.3 is 5.43 Å². The summed E-state index contributed by atoms with van der Waals surface area (Å²) in [6, 6.07) is 6.24. The molecule has 0 aliphatic heterocycles. The molecule has 0 atom stereocenters. The molecule has 19 heavy (non-hydrogen) atoms. The Morgan fingerprint density at radius 1 is 1.37 bits per heavy atom. The van der Waals surface area contributed by atoms with Gasteiger partial charge in [0.15, 0.2) is 0 Å². The van der Waals surface area contributed by atoms with Gasteiger partial charge in [0, 0.05) is 16.7 Å². The minimum Gasteiger partial charge on any atom is -0.308 e. The van der Waals surface area contributed by atoms with Crippen LogP contribution in [0.2, 0.25) is 0 Å².